The van der Waals surface area contributed by atoms with E-state index in [2.05, 4.69) is 21.9 Å². The van der Waals surface area contributed by atoms with Gasteiger partial charge in [0.1, 0.15) is 24.3 Å². The number of halogens is 4. The van der Waals surface area contributed by atoms with Crippen LogP contribution >= 0.6 is 0 Å². The Kier molecular flexibility index (Phi) is 8.13. The van der Waals surface area contributed by atoms with Crippen LogP contribution in [0.5, 0.6) is 5.75 Å². The number of nitrogens with one attached hydrogen (secondary N) is 2. The molecule has 0 aromatic heterocycles. The van der Waals surface area contributed by atoms with Crippen molar-refractivity contribution in [3.63, 3.8) is 0 Å². The molecule has 0 saturated heterocycles. The van der Waals surface area contributed by atoms with Crippen LogP contribution in [0.1, 0.15) is 60.0 Å². The van der Waals surface area contributed by atoms with Gasteiger partial charge in [0.2, 0.25) is 11.8 Å². The average molecular weight is 658 g/mol. The van der Waals surface area contributed by atoms with Gasteiger partial charge >= 0.3 is 6.18 Å². The number of allylic oxidation sites excluding steroid dienone is 1. The van der Waals surface area contributed by atoms with Crippen molar-refractivity contribution in [3.8, 4) is 5.75 Å². The van der Waals surface area contributed by atoms with Gasteiger partial charge in [-0.25, -0.2) is 4.39 Å². The third kappa shape index (κ3) is 6.17. The molecule has 3 N–H and O–H groups in total. The molecule has 7 atom stereocenters. The van der Waals surface area contributed by atoms with Gasteiger partial charge in [-0.3, -0.25) is 9.59 Å². The van der Waals surface area contributed by atoms with E-state index < -0.39 is 47.4 Å². The minimum atomic E-state index is -4.92. The minimum Gasteiger partial charge on any atom is -0.496 e. The summed E-state index contributed by atoms with van der Waals surface area (Å²) in [6.07, 6.45) is 1.18. The van der Waals surface area contributed by atoms with Crippen LogP contribution in [0.3, 0.4) is 0 Å². The molecule has 1 heterocycles. The number of methoxy groups -OCH3 is 1. The van der Waals surface area contributed by atoms with Gasteiger partial charge in [0.25, 0.3) is 5.91 Å². The fraction of sp³-hybridized carbons (Fsp3) is 0.500. The van der Waals surface area contributed by atoms with E-state index in [9.17, 15) is 32.3 Å². The highest BCUT2D eigenvalue weighted by molar-refractivity contribution is 5.99. The van der Waals surface area contributed by atoms with Crippen LogP contribution in [0.2, 0.25) is 0 Å². The van der Waals surface area contributed by atoms with Crippen molar-refractivity contribution in [2.75, 3.05) is 12.4 Å². The topological polar surface area (TPSA) is 118 Å². The van der Waals surface area contributed by atoms with E-state index in [-0.39, 0.29) is 41.7 Å². The van der Waals surface area contributed by atoms with Crippen molar-refractivity contribution in [1.82, 2.24) is 5.32 Å². The van der Waals surface area contributed by atoms with Crippen molar-refractivity contribution >= 4 is 23.4 Å². The lowest BCUT2D eigenvalue weighted by Gasteiger charge is -2.30. The normalized spacial score (nSPS) is 30.1. The van der Waals surface area contributed by atoms with E-state index in [0.29, 0.717) is 54.5 Å². The Balaban J connectivity index is 1.11. The first kappa shape index (κ1) is 31.5. The lowest BCUT2D eigenvalue weighted by molar-refractivity contribution is -0.140. The van der Waals surface area contributed by atoms with E-state index in [4.69, 9.17) is 14.3 Å². The number of hydrogen-bond donors (Lipinski definition) is 3. The highest BCUT2D eigenvalue weighted by Gasteiger charge is 2.55. The molecule has 4 fully saturated rings. The van der Waals surface area contributed by atoms with Crippen LogP contribution in [0.15, 0.2) is 53.2 Å². The Morgan fingerprint density at radius 2 is 1.85 bits per heavy atom. The van der Waals surface area contributed by atoms with E-state index in [0.717, 1.165) is 30.9 Å². The number of alkyl halides is 3. The molecule has 2 aromatic carbocycles. The van der Waals surface area contributed by atoms with Crippen LogP contribution in [-0.2, 0) is 27.2 Å². The lowest BCUT2D eigenvalue weighted by Crippen LogP contribution is -2.48. The molecule has 7 rings (SSSR count). The van der Waals surface area contributed by atoms with Gasteiger partial charge in [0.05, 0.1) is 36.2 Å². The molecule has 2 aromatic rings. The second kappa shape index (κ2) is 12.1. The highest BCUT2D eigenvalue weighted by atomic mass is 19.4. The Labute approximate surface area is 268 Å². The minimum absolute atomic E-state index is 0.0940. The number of benzene rings is 2. The van der Waals surface area contributed by atoms with Crippen LogP contribution in [-0.4, -0.2) is 48.2 Å². The summed E-state index contributed by atoms with van der Waals surface area (Å²) in [5.74, 6) is -2.43. The summed E-state index contributed by atoms with van der Waals surface area (Å²) in [7, 11) is 1.45. The summed E-state index contributed by atoms with van der Waals surface area (Å²) in [4.78, 5) is 33.1. The summed E-state index contributed by atoms with van der Waals surface area (Å²) < 4.78 is 65.5. The lowest BCUT2D eigenvalue weighted by atomic mass is 9.83. The predicted molar refractivity (Wildman–Crippen MR) is 161 cm³/mol. The monoisotopic (exact) mass is 657 g/mol. The van der Waals surface area contributed by atoms with Gasteiger partial charge in [-0.15, -0.1) is 0 Å². The summed E-state index contributed by atoms with van der Waals surface area (Å²) in [6.45, 7) is 0.0940. The molecule has 2 amide bonds. The highest BCUT2D eigenvalue weighted by Crippen LogP contribution is 2.54. The number of aliphatic hydroxyl groups is 1. The van der Waals surface area contributed by atoms with Gasteiger partial charge in [-0.1, -0.05) is 22.9 Å². The third-order valence-corrected chi connectivity index (χ3v) is 10.1. The number of oxime groups is 1. The van der Waals surface area contributed by atoms with Gasteiger partial charge in [0.15, 0.2) is 0 Å². The first-order valence-corrected chi connectivity index (χ1v) is 15.9. The quantitative estimate of drug-likeness (QED) is 0.252. The van der Waals surface area contributed by atoms with Crippen molar-refractivity contribution in [1.29, 1.82) is 0 Å². The van der Waals surface area contributed by atoms with Gasteiger partial charge in [-0.2, -0.15) is 13.2 Å². The van der Waals surface area contributed by atoms with Crippen LogP contribution in [0.4, 0.5) is 23.2 Å². The number of rotatable bonds is 8. The largest absolute Gasteiger partial charge is 0.496 e. The SMILES string of the molecule is COc1ccc(COC2=NOC3CC(O)CC23)cc1C(=O)N[C@H]1[C@@H](C(=O)Nc2ccc(F)c(C(F)(F)F)c2)[C@H]2CC[C@@H]1/C2=C\C1CC1. The second-order valence-electron chi connectivity index (χ2n) is 13.1. The number of carbonyl (C=O) groups excluding carboxylic acids is 2. The van der Waals surface area contributed by atoms with E-state index in [1.54, 1.807) is 18.2 Å². The Hall–Kier alpha value is -4.13. The molecular weight excluding hydrogens is 622 g/mol. The van der Waals surface area contributed by atoms with Gasteiger partial charge in [-0.05, 0) is 79.8 Å². The number of hydrogen-bond acceptors (Lipinski definition) is 7. The van der Waals surface area contributed by atoms with Crippen LogP contribution in [0.25, 0.3) is 0 Å². The van der Waals surface area contributed by atoms with Crippen molar-refractivity contribution in [2.24, 2.45) is 34.7 Å². The fourth-order valence-corrected chi connectivity index (χ4v) is 7.69. The zero-order valence-corrected chi connectivity index (χ0v) is 25.6. The van der Waals surface area contributed by atoms with Crippen LogP contribution < -0.4 is 15.4 Å². The zero-order chi connectivity index (χ0) is 33.0. The number of aliphatic hydroxyl groups excluding tert-OH is 1. The smallest absolute Gasteiger partial charge is 0.419 e. The Morgan fingerprint density at radius 1 is 1.06 bits per heavy atom. The van der Waals surface area contributed by atoms with Gasteiger partial charge < -0.3 is 30.1 Å². The number of fused-ring (bicyclic) bond motifs is 3. The maximum absolute atomic E-state index is 13.9. The molecule has 2 bridgehead atoms. The van der Waals surface area contributed by atoms with Crippen molar-refractivity contribution in [2.45, 2.75) is 69.6 Å². The number of anilines is 1. The number of ether oxygens (including phenoxy) is 2. The fourth-order valence-electron chi connectivity index (χ4n) is 7.69. The molecule has 4 aliphatic carbocycles. The second-order valence-corrected chi connectivity index (χ2v) is 13.1. The molecule has 1 aliphatic heterocycles. The molecule has 5 aliphatic rings. The number of carbonyl (C=O) groups is 2. The van der Waals surface area contributed by atoms with E-state index >= 15 is 0 Å². The number of amides is 2. The third-order valence-electron chi connectivity index (χ3n) is 10.1. The molecule has 4 saturated carbocycles. The zero-order valence-electron chi connectivity index (χ0n) is 25.6. The maximum atomic E-state index is 13.9. The summed E-state index contributed by atoms with van der Waals surface area (Å²) in [5.41, 5.74) is 0.363. The molecule has 9 nitrogen and oxygen atoms in total. The molecule has 13 heteroatoms. The standard InChI is InChI=1S/C34H35F4N3O6/c1-45-27-9-4-17(15-46-33-24-13-19(42)14-28(24)47-41-33)11-23(27)31(43)40-30-21-7-6-20(22(21)10-16-2-3-16)29(30)32(44)39-18-5-8-26(35)25(12-18)34(36,37)38/h4-5,8-12,16,19-21,24,28-30,42H,2-3,6-7,13-15H2,1H3,(H,39,44)(H,40,43)/b22-10-/t19?,20-,21+,24?,28?,29-,30+/m0/s1. The molecule has 250 valence electrons. The maximum Gasteiger partial charge on any atom is 0.419 e. The van der Waals surface area contributed by atoms with Crippen molar-refractivity contribution < 1.29 is 46.6 Å². The first-order chi connectivity index (χ1) is 22.5. The average Bonchev–Trinajstić information content (AvgIpc) is 3.33. The number of nitrogens with zero attached hydrogens (tertiary/aromatic N) is 1. The molecule has 0 radical (unpaired) electrons. The van der Waals surface area contributed by atoms with E-state index in [1.807, 2.05) is 0 Å². The summed E-state index contributed by atoms with van der Waals surface area (Å²) in [6, 6.07) is 6.81. The Bertz CT molecular complexity index is 1640. The van der Waals surface area contributed by atoms with E-state index in [1.165, 1.54) is 7.11 Å². The molecule has 47 heavy (non-hydrogen) atoms. The van der Waals surface area contributed by atoms with Crippen molar-refractivity contribution in [3.05, 3.63) is 70.6 Å². The molecule has 0 spiro atoms. The first-order valence-electron chi connectivity index (χ1n) is 15.9. The summed E-state index contributed by atoms with van der Waals surface area (Å²) in [5, 5.41) is 19.6. The summed E-state index contributed by atoms with van der Waals surface area (Å²) >= 11 is 0. The Morgan fingerprint density at radius 3 is 2.60 bits per heavy atom. The molecular formula is C34H35F4N3O6. The predicted octanol–water partition coefficient (Wildman–Crippen LogP) is 5.58. The molecule has 3 unspecified atom stereocenters. The van der Waals surface area contributed by atoms with Gasteiger partial charge in [0, 0.05) is 24.1 Å². The van der Waals surface area contributed by atoms with Crippen LogP contribution in [0, 0.1) is 35.4 Å².